The van der Waals surface area contributed by atoms with Crippen LogP contribution in [-0.4, -0.2) is 17.6 Å². The Balaban J connectivity index is 1.79. The van der Waals surface area contributed by atoms with Gasteiger partial charge in [0.15, 0.2) is 0 Å². The van der Waals surface area contributed by atoms with Crippen molar-refractivity contribution < 1.29 is 0 Å². The second kappa shape index (κ2) is 4.22. The zero-order valence-electron chi connectivity index (χ0n) is 9.32. The molecule has 0 radical (unpaired) electrons. The molecular formula is C14H16N2. The van der Waals surface area contributed by atoms with Gasteiger partial charge < -0.3 is 5.32 Å². The average molecular weight is 212 g/mol. The predicted molar refractivity (Wildman–Crippen MR) is 66.5 cm³/mol. The van der Waals surface area contributed by atoms with E-state index >= 15 is 0 Å². The Morgan fingerprint density at radius 3 is 3.06 bits per heavy atom. The van der Waals surface area contributed by atoms with E-state index in [4.69, 9.17) is 0 Å². The van der Waals surface area contributed by atoms with Crippen LogP contribution in [-0.2, 0) is 6.42 Å². The van der Waals surface area contributed by atoms with E-state index in [2.05, 4.69) is 34.6 Å². The molecule has 1 saturated carbocycles. The van der Waals surface area contributed by atoms with Crippen LogP contribution >= 0.6 is 0 Å². The van der Waals surface area contributed by atoms with Gasteiger partial charge in [-0.05, 0) is 42.8 Å². The Hall–Kier alpha value is -1.41. The minimum Gasteiger partial charge on any atom is -0.314 e. The summed E-state index contributed by atoms with van der Waals surface area (Å²) >= 11 is 0. The van der Waals surface area contributed by atoms with Crippen molar-refractivity contribution in [2.75, 3.05) is 6.54 Å². The Kier molecular flexibility index (Phi) is 2.58. The molecule has 0 bridgehead atoms. The lowest BCUT2D eigenvalue weighted by Gasteiger charge is -2.06. The van der Waals surface area contributed by atoms with Gasteiger partial charge in [0.25, 0.3) is 0 Å². The number of hydrogen-bond donors (Lipinski definition) is 1. The molecule has 0 saturated heterocycles. The van der Waals surface area contributed by atoms with Gasteiger partial charge in [0.1, 0.15) is 0 Å². The highest BCUT2D eigenvalue weighted by atomic mass is 14.9. The molecule has 1 aromatic carbocycles. The van der Waals surface area contributed by atoms with Crippen LogP contribution in [0.5, 0.6) is 0 Å². The van der Waals surface area contributed by atoms with Gasteiger partial charge in [-0.2, -0.15) is 0 Å². The molecule has 2 nitrogen and oxygen atoms in total. The maximum Gasteiger partial charge on any atom is 0.0349 e. The number of nitrogens with zero attached hydrogens (tertiary/aromatic N) is 1. The first-order chi connectivity index (χ1) is 7.93. The zero-order valence-corrected chi connectivity index (χ0v) is 9.32. The molecule has 2 heteroatoms. The molecule has 1 fully saturated rings. The summed E-state index contributed by atoms with van der Waals surface area (Å²) in [5, 5.41) is 6.13. The molecule has 82 valence electrons. The summed E-state index contributed by atoms with van der Waals surface area (Å²) in [6.45, 7) is 1.08. The topological polar surface area (TPSA) is 24.9 Å². The van der Waals surface area contributed by atoms with Crippen molar-refractivity contribution >= 4 is 10.8 Å². The van der Waals surface area contributed by atoms with Gasteiger partial charge in [-0.25, -0.2) is 0 Å². The van der Waals surface area contributed by atoms with Crippen LogP contribution < -0.4 is 5.32 Å². The van der Waals surface area contributed by atoms with Gasteiger partial charge in [0, 0.05) is 23.8 Å². The van der Waals surface area contributed by atoms with Crippen molar-refractivity contribution in [1.82, 2.24) is 10.3 Å². The molecule has 16 heavy (non-hydrogen) atoms. The van der Waals surface area contributed by atoms with Crippen LogP contribution in [0.15, 0.2) is 36.7 Å². The first-order valence-corrected chi connectivity index (χ1v) is 5.98. The minimum atomic E-state index is 0.799. The Labute approximate surface area is 95.7 Å². The minimum absolute atomic E-state index is 0.799. The largest absolute Gasteiger partial charge is 0.314 e. The smallest absolute Gasteiger partial charge is 0.0349 e. The molecule has 0 spiro atoms. The van der Waals surface area contributed by atoms with Gasteiger partial charge in [0.05, 0.1) is 0 Å². The highest BCUT2D eigenvalue weighted by Crippen LogP contribution is 2.20. The van der Waals surface area contributed by atoms with Crippen molar-refractivity contribution in [2.24, 2.45) is 0 Å². The molecule has 2 aromatic rings. The standard InChI is InChI=1S/C14H16N2/c1-2-11-6-8-15-10-14(11)12(3-1)7-9-16-13-4-5-13/h1-3,6,8,10,13,16H,4-5,7,9H2. The van der Waals surface area contributed by atoms with Crippen LogP contribution in [0.4, 0.5) is 0 Å². The third kappa shape index (κ3) is 2.07. The fraction of sp³-hybridized carbons (Fsp3) is 0.357. The zero-order chi connectivity index (χ0) is 10.8. The summed E-state index contributed by atoms with van der Waals surface area (Å²) in [6, 6.07) is 9.36. The number of hydrogen-bond acceptors (Lipinski definition) is 2. The lowest BCUT2D eigenvalue weighted by atomic mass is 10.0. The van der Waals surface area contributed by atoms with Crippen LogP contribution in [0.25, 0.3) is 10.8 Å². The van der Waals surface area contributed by atoms with Gasteiger partial charge in [-0.3, -0.25) is 4.98 Å². The quantitative estimate of drug-likeness (QED) is 0.842. The van der Waals surface area contributed by atoms with Crippen molar-refractivity contribution in [1.29, 1.82) is 0 Å². The molecule has 1 N–H and O–H groups in total. The fourth-order valence-electron chi connectivity index (χ4n) is 2.09. The number of aromatic nitrogens is 1. The van der Waals surface area contributed by atoms with Crippen LogP contribution in [0, 0.1) is 0 Å². The van der Waals surface area contributed by atoms with E-state index in [9.17, 15) is 0 Å². The lowest BCUT2D eigenvalue weighted by molar-refractivity contribution is 0.683. The molecule has 0 atom stereocenters. The lowest BCUT2D eigenvalue weighted by Crippen LogP contribution is -2.19. The van der Waals surface area contributed by atoms with Crippen LogP contribution in [0.2, 0.25) is 0 Å². The maximum absolute atomic E-state index is 4.21. The third-order valence-electron chi connectivity index (χ3n) is 3.18. The Morgan fingerprint density at radius 1 is 1.25 bits per heavy atom. The van der Waals surface area contributed by atoms with Crippen LogP contribution in [0.1, 0.15) is 18.4 Å². The number of fused-ring (bicyclic) bond motifs is 1. The second-order valence-electron chi connectivity index (χ2n) is 4.49. The summed E-state index contributed by atoms with van der Waals surface area (Å²) in [6.07, 6.45) is 7.64. The molecular weight excluding hydrogens is 196 g/mol. The highest BCUT2D eigenvalue weighted by Gasteiger charge is 2.19. The Morgan fingerprint density at radius 2 is 2.19 bits per heavy atom. The van der Waals surface area contributed by atoms with E-state index < -0.39 is 0 Å². The van der Waals surface area contributed by atoms with Crippen molar-refractivity contribution in [3.63, 3.8) is 0 Å². The van der Waals surface area contributed by atoms with E-state index in [-0.39, 0.29) is 0 Å². The van der Waals surface area contributed by atoms with Gasteiger partial charge >= 0.3 is 0 Å². The first-order valence-electron chi connectivity index (χ1n) is 5.98. The first kappa shape index (κ1) is 9.79. The molecule has 0 aliphatic heterocycles. The molecule has 1 aliphatic rings. The molecule has 1 aromatic heterocycles. The molecule has 0 unspecified atom stereocenters. The number of nitrogens with one attached hydrogen (secondary N) is 1. The van der Waals surface area contributed by atoms with Crippen molar-refractivity contribution in [3.8, 4) is 0 Å². The molecule has 0 amide bonds. The van der Waals surface area contributed by atoms with Crippen LogP contribution in [0.3, 0.4) is 0 Å². The van der Waals surface area contributed by atoms with Crippen molar-refractivity contribution in [3.05, 3.63) is 42.2 Å². The van der Waals surface area contributed by atoms with Crippen molar-refractivity contribution in [2.45, 2.75) is 25.3 Å². The van der Waals surface area contributed by atoms with E-state index in [0.717, 1.165) is 19.0 Å². The van der Waals surface area contributed by atoms with E-state index in [1.807, 2.05) is 12.4 Å². The molecule has 1 aliphatic carbocycles. The molecule has 3 rings (SSSR count). The number of pyridine rings is 1. The molecule has 1 heterocycles. The SMILES string of the molecule is c1cc(CCNC2CC2)c2cnccc2c1. The summed E-state index contributed by atoms with van der Waals surface area (Å²) in [5.41, 5.74) is 1.40. The third-order valence-corrected chi connectivity index (χ3v) is 3.18. The fourth-order valence-corrected chi connectivity index (χ4v) is 2.09. The summed E-state index contributed by atoms with van der Waals surface area (Å²) in [5.74, 6) is 0. The predicted octanol–water partition coefficient (Wildman–Crippen LogP) is 2.53. The van der Waals surface area contributed by atoms with E-state index in [1.54, 1.807) is 0 Å². The number of benzene rings is 1. The monoisotopic (exact) mass is 212 g/mol. The average Bonchev–Trinajstić information content (AvgIpc) is 3.13. The summed E-state index contributed by atoms with van der Waals surface area (Å²) in [7, 11) is 0. The number of rotatable bonds is 4. The summed E-state index contributed by atoms with van der Waals surface area (Å²) < 4.78 is 0. The van der Waals surface area contributed by atoms with Gasteiger partial charge in [-0.15, -0.1) is 0 Å². The highest BCUT2D eigenvalue weighted by molar-refractivity contribution is 5.84. The van der Waals surface area contributed by atoms with E-state index in [0.29, 0.717) is 0 Å². The van der Waals surface area contributed by atoms with Gasteiger partial charge in [-0.1, -0.05) is 18.2 Å². The van der Waals surface area contributed by atoms with Gasteiger partial charge in [0.2, 0.25) is 0 Å². The normalized spacial score (nSPS) is 15.5. The summed E-state index contributed by atoms with van der Waals surface area (Å²) in [4.78, 5) is 4.21. The second-order valence-corrected chi connectivity index (χ2v) is 4.49. The van der Waals surface area contributed by atoms with E-state index in [1.165, 1.54) is 29.2 Å². The maximum atomic E-state index is 4.21. The Bertz CT molecular complexity index is 484.